The number of ether oxygens (including phenoxy) is 1. The second-order valence-corrected chi connectivity index (χ2v) is 6.52. The normalized spacial score (nSPS) is 10.8. The minimum Gasteiger partial charge on any atom is -0.383 e. The third-order valence-corrected chi connectivity index (χ3v) is 5.17. The Morgan fingerprint density at radius 3 is 2.46 bits per heavy atom. The average molecular weight is 363 g/mol. The summed E-state index contributed by atoms with van der Waals surface area (Å²) in [4.78, 5) is 5.95. The van der Waals surface area contributed by atoms with Gasteiger partial charge in [0.25, 0.3) is 0 Å². The maximum Gasteiger partial charge on any atom is 0.0945 e. The van der Waals surface area contributed by atoms with Crippen molar-refractivity contribution in [2.75, 3.05) is 20.0 Å². The highest BCUT2D eigenvalue weighted by atomic mass is 35.5. The average Bonchev–Trinajstić information content (AvgIpc) is 2.84. The summed E-state index contributed by atoms with van der Waals surface area (Å²) in [5.74, 6) is 0. The van der Waals surface area contributed by atoms with Crippen LogP contribution in [0.3, 0.4) is 0 Å². The number of aryl methyl sites for hydroxylation is 1. The highest BCUT2D eigenvalue weighted by Crippen LogP contribution is 2.32. The number of hydrogen-bond acceptors (Lipinski definition) is 3. The van der Waals surface area contributed by atoms with Crippen molar-refractivity contribution in [1.29, 1.82) is 0 Å². The molecule has 0 saturated carbocycles. The van der Waals surface area contributed by atoms with E-state index in [2.05, 4.69) is 60.0 Å². The minimum atomic E-state index is 0. The van der Waals surface area contributed by atoms with Crippen molar-refractivity contribution in [3.8, 4) is 11.3 Å². The van der Waals surface area contributed by atoms with E-state index in [1.165, 1.54) is 27.1 Å². The Balaban J connectivity index is 0.00000208. The lowest BCUT2D eigenvalue weighted by Gasteiger charge is -2.11. The first-order chi connectivity index (χ1) is 11.2. The van der Waals surface area contributed by atoms with Gasteiger partial charge in [-0.2, -0.15) is 0 Å². The standard InChI is InChI=1S/C19H22N2OS.ClH/c1-13-14(2)21(11-12-22-3)19-17(13)9-10-20-18(19)15-5-7-16(23-4)8-6-15;/h5-10H,11-12H2,1-4H3;1H. The fourth-order valence-electron chi connectivity index (χ4n) is 3.02. The Labute approximate surface area is 153 Å². The lowest BCUT2D eigenvalue weighted by Crippen LogP contribution is -2.06. The summed E-state index contributed by atoms with van der Waals surface area (Å²) in [7, 11) is 1.74. The molecular weight excluding hydrogens is 340 g/mol. The molecule has 3 rings (SSSR count). The summed E-state index contributed by atoms with van der Waals surface area (Å²) in [6.07, 6.45) is 4.00. The van der Waals surface area contributed by atoms with Crippen molar-refractivity contribution in [2.24, 2.45) is 0 Å². The number of pyridine rings is 1. The smallest absolute Gasteiger partial charge is 0.0945 e. The number of aromatic nitrogens is 2. The molecule has 2 aromatic heterocycles. The molecule has 0 saturated heterocycles. The number of methoxy groups -OCH3 is 1. The highest BCUT2D eigenvalue weighted by molar-refractivity contribution is 7.98. The van der Waals surface area contributed by atoms with Crippen LogP contribution in [-0.2, 0) is 11.3 Å². The minimum absolute atomic E-state index is 0. The second-order valence-electron chi connectivity index (χ2n) is 5.64. The van der Waals surface area contributed by atoms with Gasteiger partial charge in [0.1, 0.15) is 0 Å². The summed E-state index contributed by atoms with van der Waals surface area (Å²) in [5, 5.41) is 1.28. The molecule has 0 fully saturated rings. The van der Waals surface area contributed by atoms with E-state index in [-0.39, 0.29) is 12.4 Å². The monoisotopic (exact) mass is 362 g/mol. The SMILES string of the molecule is COCCn1c(C)c(C)c2ccnc(-c3ccc(SC)cc3)c21.Cl. The van der Waals surface area contributed by atoms with Crippen LogP contribution in [0.5, 0.6) is 0 Å². The van der Waals surface area contributed by atoms with Gasteiger partial charge in [0, 0.05) is 41.4 Å². The van der Waals surface area contributed by atoms with Crippen LogP contribution in [0.4, 0.5) is 0 Å². The Morgan fingerprint density at radius 2 is 1.83 bits per heavy atom. The van der Waals surface area contributed by atoms with Gasteiger partial charge in [-0.3, -0.25) is 4.98 Å². The van der Waals surface area contributed by atoms with Crippen LogP contribution in [0.2, 0.25) is 0 Å². The first kappa shape index (κ1) is 18.8. The number of fused-ring (bicyclic) bond motifs is 1. The number of hydrogen-bond donors (Lipinski definition) is 0. The van der Waals surface area contributed by atoms with Crippen LogP contribution in [0.1, 0.15) is 11.3 Å². The zero-order valence-corrected chi connectivity index (χ0v) is 16.1. The molecule has 5 heteroatoms. The van der Waals surface area contributed by atoms with Crippen molar-refractivity contribution >= 4 is 35.1 Å². The first-order valence-corrected chi connectivity index (χ1v) is 8.97. The lowest BCUT2D eigenvalue weighted by atomic mass is 10.1. The van der Waals surface area contributed by atoms with Crippen LogP contribution in [0.25, 0.3) is 22.2 Å². The number of thioether (sulfide) groups is 1. The quantitative estimate of drug-likeness (QED) is 0.590. The van der Waals surface area contributed by atoms with Gasteiger partial charge in [0.15, 0.2) is 0 Å². The van der Waals surface area contributed by atoms with Crippen LogP contribution < -0.4 is 0 Å². The zero-order valence-electron chi connectivity index (χ0n) is 14.5. The molecule has 0 radical (unpaired) electrons. The molecule has 1 aromatic carbocycles. The van der Waals surface area contributed by atoms with E-state index in [0.717, 1.165) is 17.8 Å². The van der Waals surface area contributed by atoms with E-state index in [4.69, 9.17) is 4.74 Å². The topological polar surface area (TPSA) is 27.1 Å². The fraction of sp³-hybridized carbons (Fsp3) is 0.316. The van der Waals surface area contributed by atoms with E-state index in [1.54, 1.807) is 18.9 Å². The number of benzene rings is 1. The zero-order chi connectivity index (χ0) is 16.4. The van der Waals surface area contributed by atoms with E-state index in [1.807, 2.05) is 6.20 Å². The van der Waals surface area contributed by atoms with Crippen LogP contribution in [-0.4, -0.2) is 29.5 Å². The molecule has 3 aromatic rings. The molecule has 2 heterocycles. The molecule has 0 N–H and O–H groups in total. The summed E-state index contributed by atoms with van der Waals surface area (Å²) >= 11 is 1.75. The maximum absolute atomic E-state index is 5.29. The fourth-order valence-corrected chi connectivity index (χ4v) is 3.43. The van der Waals surface area contributed by atoms with E-state index >= 15 is 0 Å². The van der Waals surface area contributed by atoms with Crippen molar-refractivity contribution in [1.82, 2.24) is 9.55 Å². The molecular formula is C19H23ClN2OS. The van der Waals surface area contributed by atoms with Gasteiger partial charge in [-0.25, -0.2) is 0 Å². The third-order valence-electron chi connectivity index (χ3n) is 4.43. The summed E-state index contributed by atoms with van der Waals surface area (Å²) in [6.45, 7) is 5.89. The third kappa shape index (κ3) is 3.32. The van der Waals surface area contributed by atoms with E-state index in [9.17, 15) is 0 Å². The molecule has 3 nitrogen and oxygen atoms in total. The molecule has 0 bridgehead atoms. The molecule has 0 aliphatic heterocycles. The number of rotatable bonds is 5. The van der Waals surface area contributed by atoms with Crippen molar-refractivity contribution in [3.63, 3.8) is 0 Å². The van der Waals surface area contributed by atoms with E-state index in [0.29, 0.717) is 6.61 Å². The predicted molar refractivity (Wildman–Crippen MR) is 106 cm³/mol. The van der Waals surface area contributed by atoms with Gasteiger partial charge in [-0.1, -0.05) is 12.1 Å². The lowest BCUT2D eigenvalue weighted by molar-refractivity contribution is 0.188. The molecule has 0 aliphatic rings. The van der Waals surface area contributed by atoms with Gasteiger partial charge in [0.05, 0.1) is 17.8 Å². The Bertz CT molecular complexity index is 827. The predicted octanol–water partition coefficient (Wildman–Crippen LogP) is 5.11. The Kier molecular flexibility index (Phi) is 6.33. The molecule has 0 atom stereocenters. The Hall–Kier alpha value is -1.49. The number of nitrogens with zero attached hydrogens (tertiary/aromatic N) is 2. The van der Waals surface area contributed by atoms with Crippen molar-refractivity contribution in [3.05, 3.63) is 47.8 Å². The summed E-state index contributed by atoms with van der Waals surface area (Å²) < 4.78 is 7.62. The van der Waals surface area contributed by atoms with Gasteiger partial charge in [-0.15, -0.1) is 24.2 Å². The van der Waals surface area contributed by atoms with Gasteiger partial charge in [-0.05, 0) is 43.9 Å². The van der Waals surface area contributed by atoms with Crippen molar-refractivity contribution < 1.29 is 4.74 Å². The molecule has 0 amide bonds. The Morgan fingerprint density at radius 1 is 1.12 bits per heavy atom. The maximum atomic E-state index is 5.29. The van der Waals surface area contributed by atoms with Crippen LogP contribution in [0.15, 0.2) is 41.4 Å². The second kappa shape index (κ2) is 8.06. The summed E-state index contributed by atoms with van der Waals surface area (Å²) in [6, 6.07) is 10.7. The molecule has 0 aliphatic carbocycles. The molecule has 24 heavy (non-hydrogen) atoms. The van der Waals surface area contributed by atoms with Crippen LogP contribution >= 0.6 is 24.2 Å². The van der Waals surface area contributed by atoms with Gasteiger partial charge >= 0.3 is 0 Å². The highest BCUT2D eigenvalue weighted by Gasteiger charge is 2.16. The molecule has 0 spiro atoms. The van der Waals surface area contributed by atoms with Crippen molar-refractivity contribution in [2.45, 2.75) is 25.3 Å². The number of halogens is 1. The first-order valence-electron chi connectivity index (χ1n) is 7.75. The van der Waals surface area contributed by atoms with Gasteiger partial charge in [0.2, 0.25) is 0 Å². The van der Waals surface area contributed by atoms with Crippen LogP contribution in [0, 0.1) is 13.8 Å². The van der Waals surface area contributed by atoms with E-state index < -0.39 is 0 Å². The summed E-state index contributed by atoms with van der Waals surface area (Å²) in [5.41, 5.74) is 6.01. The van der Waals surface area contributed by atoms with Gasteiger partial charge < -0.3 is 9.30 Å². The molecule has 128 valence electrons. The molecule has 0 unspecified atom stereocenters. The largest absolute Gasteiger partial charge is 0.383 e.